The summed E-state index contributed by atoms with van der Waals surface area (Å²) >= 11 is 0. The first kappa shape index (κ1) is 16.1. The van der Waals surface area contributed by atoms with E-state index in [1.807, 2.05) is 12.1 Å². The predicted molar refractivity (Wildman–Crippen MR) is 84.1 cm³/mol. The minimum Gasteiger partial charge on any atom is -0.493 e. The van der Waals surface area contributed by atoms with E-state index in [9.17, 15) is 0 Å². The molecule has 0 aliphatic carbocycles. The maximum atomic E-state index is 6.08. The smallest absolute Gasteiger partial charge is 0.166 e. The Labute approximate surface area is 127 Å². The summed E-state index contributed by atoms with van der Waals surface area (Å²) in [6.45, 7) is 6.11. The van der Waals surface area contributed by atoms with Gasteiger partial charge in [-0.2, -0.15) is 0 Å². The van der Waals surface area contributed by atoms with Crippen molar-refractivity contribution in [3.63, 3.8) is 0 Å². The van der Waals surface area contributed by atoms with Gasteiger partial charge < -0.3 is 19.5 Å². The highest BCUT2D eigenvalue weighted by atomic mass is 16.5. The number of methoxy groups -OCH3 is 2. The molecular weight excluding hydrogens is 266 g/mol. The molecule has 1 N–H and O–H groups in total. The Morgan fingerprint density at radius 2 is 2.10 bits per heavy atom. The average molecular weight is 293 g/mol. The van der Waals surface area contributed by atoms with Crippen LogP contribution >= 0.6 is 0 Å². The maximum Gasteiger partial charge on any atom is 0.166 e. The minimum atomic E-state index is 0.0649. The van der Waals surface area contributed by atoms with Crippen LogP contribution in [0, 0.1) is 5.92 Å². The van der Waals surface area contributed by atoms with Crippen LogP contribution < -0.4 is 14.8 Å². The lowest BCUT2D eigenvalue weighted by molar-refractivity contribution is -0.0294. The topological polar surface area (TPSA) is 39.7 Å². The largest absolute Gasteiger partial charge is 0.493 e. The molecule has 4 heteroatoms. The fraction of sp³-hybridized carbons (Fsp3) is 0.647. The monoisotopic (exact) mass is 293 g/mol. The highest BCUT2D eigenvalue weighted by molar-refractivity contribution is 5.48. The van der Waals surface area contributed by atoms with E-state index in [-0.39, 0.29) is 6.10 Å². The Balaban J connectivity index is 2.24. The van der Waals surface area contributed by atoms with Crippen LogP contribution in [0.4, 0.5) is 0 Å². The molecule has 4 nitrogen and oxygen atoms in total. The molecule has 118 valence electrons. The van der Waals surface area contributed by atoms with Gasteiger partial charge in [-0.25, -0.2) is 0 Å². The molecule has 1 saturated heterocycles. The zero-order valence-electron chi connectivity index (χ0n) is 13.5. The van der Waals surface area contributed by atoms with E-state index in [1.54, 1.807) is 14.2 Å². The van der Waals surface area contributed by atoms with Gasteiger partial charge in [-0.1, -0.05) is 26.0 Å². The highest BCUT2D eigenvalue weighted by Gasteiger charge is 2.30. The SMILES string of the molecule is COc1cccc(C2OCCCC2CNC(C)C)c1OC. The number of rotatable bonds is 6. The van der Waals surface area contributed by atoms with Crippen LogP contribution in [0.1, 0.15) is 38.4 Å². The summed E-state index contributed by atoms with van der Waals surface area (Å²) in [6, 6.07) is 6.49. The number of hydrogen-bond donors (Lipinski definition) is 1. The first-order chi connectivity index (χ1) is 10.2. The van der Waals surface area contributed by atoms with Crippen molar-refractivity contribution < 1.29 is 14.2 Å². The van der Waals surface area contributed by atoms with Crippen molar-refractivity contribution in [1.29, 1.82) is 0 Å². The zero-order chi connectivity index (χ0) is 15.2. The van der Waals surface area contributed by atoms with Gasteiger partial charge in [0.15, 0.2) is 11.5 Å². The third-order valence-corrected chi connectivity index (χ3v) is 3.97. The van der Waals surface area contributed by atoms with E-state index < -0.39 is 0 Å². The fourth-order valence-corrected chi connectivity index (χ4v) is 2.92. The Bertz CT molecular complexity index is 448. The summed E-state index contributed by atoms with van der Waals surface area (Å²) in [7, 11) is 3.35. The number of para-hydroxylation sites is 1. The van der Waals surface area contributed by atoms with Gasteiger partial charge in [0.25, 0.3) is 0 Å². The van der Waals surface area contributed by atoms with Crippen molar-refractivity contribution in [3.8, 4) is 11.5 Å². The molecule has 1 fully saturated rings. The molecule has 2 unspecified atom stereocenters. The summed E-state index contributed by atoms with van der Waals surface area (Å²) < 4.78 is 17.0. The van der Waals surface area contributed by atoms with Crippen LogP contribution in [-0.2, 0) is 4.74 Å². The summed E-state index contributed by atoms with van der Waals surface area (Å²) in [5, 5.41) is 3.53. The molecule has 1 aliphatic heterocycles. The molecule has 0 amide bonds. The van der Waals surface area contributed by atoms with Crippen molar-refractivity contribution in [2.24, 2.45) is 5.92 Å². The van der Waals surface area contributed by atoms with Gasteiger partial charge in [0.1, 0.15) is 0 Å². The molecule has 0 bridgehead atoms. The normalized spacial score (nSPS) is 22.3. The summed E-state index contributed by atoms with van der Waals surface area (Å²) in [4.78, 5) is 0. The Morgan fingerprint density at radius 1 is 1.29 bits per heavy atom. The Morgan fingerprint density at radius 3 is 2.76 bits per heavy atom. The Hall–Kier alpha value is -1.26. The van der Waals surface area contributed by atoms with E-state index in [0.717, 1.165) is 36.6 Å². The third kappa shape index (κ3) is 3.89. The summed E-state index contributed by atoms with van der Waals surface area (Å²) in [6.07, 6.45) is 2.35. The quantitative estimate of drug-likeness (QED) is 0.874. The summed E-state index contributed by atoms with van der Waals surface area (Å²) in [5.41, 5.74) is 1.09. The van der Waals surface area contributed by atoms with Crippen LogP contribution in [0.15, 0.2) is 18.2 Å². The second kappa shape index (κ2) is 7.66. The van der Waals surface area contributed by atoms with Gasteiger partial charge in [-0.05, 0) is 18.9 Å². The summed E-state index contributed by atoms with van der Waals surface area (Å²) in [5.74, 6) is 2.02. The average Bonchev–Trinajstić information content (AvgIpc) is 2.52. The van der Waals surface area contributed by atoms with Crippen LogP contribution in [0.2, 0.25) is 0 Å². The molecular formula is C17H27NO3. The van der Waals surface area contributed by atoms with Gasteiger partial charge in [0.2, 0.25) is 0 Å². The fourth-order valence-electron chi connectivity index (χ4n) is 2.92. The second-order valence-electron chi connectivity index (χ2n) is 5.84. The van der Waals surface area contributed by atoms with Crippen molar-refractivity contribution in [1.82, 2.24) is 5.32 Å². The zero-order valence-corrected chi connectivity index (χ0v) is 13.5. The molecule has 1 aromatic carbocycles. The molecule has 0 radical (unpaired) electrons. The first-order valence-electron chi connectivity index (χ1n) is 7.73. The molecule has 2 atom stereocenters. The van der Waals surface area contributed by atoms with Crippen LogP contribution in [0.5, 0.6) is 11.5 Å². The number of benzene rings is 1. The Kier molecular flexibility index (Phi) is 5.88. The molecule has 1 aliphatic rings. The van der Waals surface area contributed by atoms with E-state index in [2.05, 4.69) is 25.2 Å². The molecule has 0 aromatic heterocycles. The van der Waals surface area contributed by atoms with Crippen molar-refractivity contribution in [2.45, 2.75) is 38.8 Å². The first-order valence-corrected chi connectivity index (χ1v) is 7.73. The lowest BCUT2D eigenvalue weighted by Gasteiger charge is -2.33. The second-order valence-corrected chi connectivity index (χ2v) is 5.84. The van der Waals surface area contributed by atoms with Gasteiger partial charge in [0, 0.05) is 30.7 Å². The van der Waals surface area contributed by atoms with Gasteiger partial charge >= 0.3 is 0 Å². The van der Waals surface area contributed by atoms with Crippen molar-refractivity contribution in [2.75, 3.05) is 27.4 Å². The maximum absolute atomic E-state index is 6.08. The van der Waals surface area contributed by atoms with Crippen LogP contribution in [0.25, 0.3) is 0 Å². The van der Waals surface area contributed by atoms with Crippen molar-refractivity contribution >= 4 is 0 Å². The molecule has 1 heterocycles. The molecule has 0 saturated carbocycles. The number of ether oxygens (including phenoxy) is 3. The highest BCUT2D eigenvalue weighted by Crippen LogP contribution is 2.41. The lowest BCUT2D eigenvalue weighted by Crippen LogP contribution is -2.35. The van der Waals surface area contributed by atoms with Crippen molar-refractivity contribution in [3.05, 3.63) is 23.8 Å². The van der Waals surface area contributed by atoms with Gasteiger partial charge in [0.05, 0.1) is 20.3 Å². The van der Waals surface area contributed by atoms with Gasteiger partial charge in [-0.3, -0.25) is 0 Å². The lowest BCUT2D eigenvalue weighted by atomic mass is 9.88. The van der Waals surface area contributed by atoms with E-state index in [0.29, 0.717) is 12.0 Å². The third-order valence-electron chi connectivity index (χ3n) is 3.97. The standard InChI is InChI=1S/C17H27NO3/c1-12(2)18-11-13-7-6-10-21-16(13)14-8-5-9-15(19-3)17(14)20-4/h5,8-9,12-13,16,18H,6-7,10-11H2,1-4H3. The molecule has 21 heavy (non-hydrogen) atoms. The van der Waals surface area contributed by atoms with Crippen LogP contribution in [-0.4, -0.2) is 33.4 Å². The minimum absolute atomic E-state index is 0.0649. The van der Waals surface area contributed by atoms with E-state index >= 15 is 0 Å². The van der Waals surface area contributed by atoms with E-state index in [1.165, 1.54) is 6.42 Å². The number of nitrogens with one attached hydrogen (secondary N) is 1. The van der Waals surface area contributed by atoms with Gasteiger partial charge in [-0.15, -0.1) is 0 Å². The van der Waals surface area contributed by atoms with E-state index in [4.69, 9.17) is 14.2 Å². The molecule has 1 aromatic rings. The molecule has 2 rings (SSSR count). The predicted octanol–water partition coefficient (Wildman–Crippen LogP) is 3.17. The van der Waals surface area contributed by atoms with Crippen LogP contribution in [0.3, 0.4) is 0 Å². The molecule has 0 spiro atoms. The number of hydrogen-bond acceptors (Lipinski definition) is 4.